The third-order valence-electron chi connectivity index (χ3n) is 3.41. The lowest BCUT2D eigenvalue weighted by Gasteiger charge is -2.09. The molecule has 0 fully saturated rings. The second-order valence-electron chi connectivity index (χ2n) is 6.42. The Bertz CT molecular complexity index is 601. The summed E-state index contributed by atoms with van der Waals surface area (Å²) >= 11 is 0. The number of aryl methyl sites for hydroxylation is 1. The number of rotatable bonds is 10. The molecule has 7 nitrogen and oxygen atoms in total. The van der Waals surface area contributed by atoms with Crippen molar-refractivity contribution >= 4 is 17.9 Å². The maximum atomic E-state index is 11.6. The number of urea groups is 1. The second-order valence-corrected chi connectivity index (χ2v) is 6.42. The van der Waals surface area contributed by atoms with Crippen LogP contribution < -0.4 is 15.4 Å². The Hall–Kier alpha value is -2.57. The fourth-order valence-electron chi connectivity index (χ4n) is 2.01. The molecule has 0 atom stereocenters. The Morgan fingerprint density at radius 1 is 1.19 bits per heavy atom. The molecule has 1 rings (SSSR count). The van der Waals surface area contributed by atoms with E-state index in [1.165, 1.54) is 0 Å². The number of amides is 3. The van der Waals surface area contributed by atoms with Crippen LogP contribution >= 0.6 is 0 Å². The van der Waals surface area contributed by atoms with Crippen LogP contribution in [-0.2, 0) is 14.3 Å². The molecule has 0 saturated carbocycles. The van der Waals surface area contributed by atoms with Crippen molar-refractivity contribution in [3.63, 3.8) is 0 Å². The lowest BCUT2D eigenvalue weighted by molar-refractivity contribution is -0.148. The third-order valence-corrected chi connectivity index (χ3v) is 3.41. The van der Waals surface area contributed by atoms with Gasteiger partial charge in [-0.15, -0.1) is 0 Å². The number of ether oxygens (including phenoxy) is 2. The van der Waals surface area contributed by atoms with Gasteiger partial charge in [0.2, 0.25) is 0 Å². The van der Waals surface area contributed by atoms with Gasteiger partial charge in [0.25, 0.3) is 5.91 Å². The quantitative estimate of drug-likeness (QED) is 0.492. The summed E-state index contributed by atoms with van der Waals surface area (Å²) in [5.41, 5.74) is 1.10. The summed E-state index contributed by atoms with van der Waals surface area (Å²) in [6.45, 7) is 6.43. The zero-order valence-electron chi connectivity index (χ0n) is 15.7. The molecule has 1 aromatic rings. The number of benzene rings is 1. The molecule has 0 saturated heterocycles. The summed E-state index contributed by atoms with van der Waals surface area (Å²) in [7, 11) is 0. The topological polar surface area (TPSA) is 93.7 Å². The van der Waals surface area contributed by atoms with Crippen molar-refractivity contribution in [2.45, 2.75) is 40.0 Å². The van der Waals surface area contributed by atoms with Crippen molar-refractivity contribution in [1.29, 1.82) is 0 Å². The molecule has 0 heterocycles. The molecule has 2 N–H and O–H groups in total. The lowest BCUT2D eigenvalue weighted by atomic mass is 10.1. The van der Waals surface area contributed by atoms with Crippen molar-refractivity contribution < 1.29 is 23.9 Å². The maximum Gasteiger partial charge on any atom is 0.321 e. The Morgan fingerprint density at radius 2 is 1.96 bits per heavy atom. The molecule has 7 heteroatoms. The predicted octanol–water partition coefficient (Wildman–Crippen LogP) is 2.57. The summed E-state index contributed by atoms with van der Waals surface area (Å²) in [6.07, 6.45) is 1.44. The van der Waals surface area contributed by atoms with E-state index in [0.717, 1.165) is 17.7 Å². The Labute approximate surface area is 154 Å². The van der Waals surface area contributed by atoms with E-state index in [-0.39, 0.29) is 6.42 Å². The molecule has 0 unspecified atom stereocenters. The van der Waals surface area contributed by atoms with E-state index in [4.69, 9.17) is 9.47 Å². The summed E-state index contributed by atoms with van der Waals surface area (Å²) in [5, 5.41) is 4.68. The van der Waals surface area contributed by atoms with Gasteiger partial charge in [0.1, 0.15) is 5.75 Å². The fraction of sp³-hybridized carbons (Fsp3) is 0.526. The summed E-state index contributed by atoms with van der Waals surface area (Å²) in [6, 6.07) is 7.05. The maximum absolute atomic E-state index is 11.6. The van der Waals surface area contributed by atoms with E-state index in [1.54, 1.807) is 0 Å². The number of esters is 1. The van der Waals surface area contributed by atoms with Gasteiger partial charge in [0.05, 0.1) is 6.61 Å². The molecular formula is C19H28N2O5. The third kappa shape index (κ3) is 10.3. The van der Waals surface area contributed by atoms with Gasteiger partial charge in [-0.1, -0.05) is 26.0 Å². The molecule has 144 valence electrons. The molecule has 0 aliphatic carbocycles. The van der Waals surface area contributed by atoms with Crippen LogP contribution in [0.15, 0.2) is 24.3 Å². The SMILES string of the molecule is Cc1cccc(OCCCC(=O)OCC(=O)NC(=O)NCCC(C)C)c1. The highest BCUT2D eigenvalue weighted by molar-refractivity contribution is 5.95. The van der Waals surface area contributed by atoms with E-state index in [1.807, 2.05) is 45.0 Å². The average Bonchev–Trinajstić information content (AvgIpc) is 2.56. The van der Waals surface area contributed by atoms with E-state index < -0.39 is 24.5 Å². The lowest BCUT2D eigenvalue weighted by Crippen LogP contribution is -2.41. The smallest absolute Gasteiger partial charge is 0.321 e. The first-order valence-corrected chi connectivity index (χ1v) is 8.79. The minimum absolute atomic E-state index is 0.139. The van der Waals surface area contributed by atoms with Gasteiger partial charge in [-0.3, -0.25) is 14.9 Å². The number of carbonyl (C=O) groups is 3. The van der Waals surface area contributed by atoms with Gasteiger partial charge in [-0.25, -0.2) is 4.79 Å². The highest BCUT2D eigenvalue weighted by Crippen LogP contribution is 2.12. The number of nitrogens with one attached hydrogen (secondary N) is 2. The van der Waals surface area contributed by atoms with Gasteiger partial charge < -0.3 is 14.8 Å². The van der Waals surface area contributed by atoms with Crippen LogP contribution in [0.2, 0.25) is 0 Å². The first kappa shape index (κ1) is 21.5. The normalized spacial score (nSPS) is 10.3. The second kappa shape index (κ2) is 11.9. The van der Waals surface area contributed by atoms with Crippen LogP contribution in [-0.4, -0.2) is 37.7 Å². The first-order chi connectivity index (χ1) is 12.4. The summed E-state index contributed by atoms with van der Waals surface area (Å²) in [5.74, 6) is 0.0488. The Balaban J connectivity index is 2.09. The molecule has 0 aromatic heterocycles. The zero-order chi connectivity index (χ0) is 19.4. The van der Waals surface area contributed by atoms with Crippen molar-refractivity contribution in [2.75, 3.05) is 19.8 Å². The van der Waals surface area contributed by atoms with E-state index in [2.05, 4.69) is 10.6 Å². The number of hydrogen-bond donors (Lipinski definition) is 2. The van der Waals surface area contributed by atoms with Crippen molar-refractivity contribution in [2.24, 2.45) is 5.92 Å². The monoisotopic (exact) mass is 364 g/mol. The minimum atomic E-state index is -0.656. The van der Waals surface area contributed by atoms with E-state index in [9.17, 15) is 14.4 Å². The molecule has 0 bridgehead atoms. The van der Waals surface area contributed by atoms with E-state index in [0.29, 0.717) is 25.5 Å². The van der Waals surface area contributed by atoms with Crippen LogP contribution in [0.25, 0.3) is 0 Å². The van der Waals surface area contributed by atoms with Crippen LogP contribution in [0, 0.1) is 12.8 Å². The number of hydrogen-bond acceptors (Lipinski definition) is 5. The van der Waals surface area contributed by atoms with Gasteiger partial charge >= 0.3 is 12.0 Å². The van der Waals surface area contributed by atoms with Crippen LogP contribution in [0.3, 0.4) is 0 Å². The molecule has 3 amide bonds. The molecular weight excluding hydrogens is 336 g/mol. The van der Waals surface area contributed by atoms with Crippen molar-refractivity contribution in [3.05, 3.63) is 29.8 Å². The highest BCUT2D eigenvalue weighted by atomic mass is 16.5. The number of carbonyl (C=O) groups excluding carboxylic acids is 3. The molecule has 0 aliphatic heterocycles. The molecule has 26 heavy (non-hydrogen) atoms. The average molecular weight is 364 g/mol. The fourth-order valence-corrected chi connectivity index (χ4v) is 2.01. The molecule has 1 aromatic carbocycles. The van der Waals surface area contributed by atoms with Gasteiger partial charge in [0.15, 0.2) is 6.61 Å². The Morgan fingerprint density at radius 3 is 2.65 bits per heavy atom. The summed E-state index contributed by atoms with van der Waals surface area (Å²) in [4.78, 5) is 34.6. The minimum Gasteiger partial charge on any atom is -0.494 e. The van der Waals surface area contributed by atoms with Gasteiger partial charge in [-0.05, 0) is 43.4 Å². The van der Waals surface area contributed by atoms with E-state index >= 15 is 0 Å². The van der Waals surface area contributed by atoms with Gasteiger partial charge in [-0.2, -0.15) is 0 Å². The van der Waals surface area contributed by atoms with Crippen LogP contribution in [0.5, 0.6) is 5.75 Å². The van der Waals surface area contributed by atoms with Crippen LogP contribution in [0.1, 0.15) is 38.7 Å². The molecule has 0 spiro atoms. The largest absolute Gasteiger partial charge is 0.494 e. The number of imide groups is 1. The van der Waals surface area contributed by atoms with Crippen molar-refractivity contribution in [3.8, 4) is 5.75 Å². The highest BCUT2D eigenvalue weighted by Gasteiger charge is 2.10. The zero-order valence-corrected chi connectivity index (χ0v) is 15.7. The van der Waals surface area contributed by atoms with Crippen molar-refractivity contribution in [1.82, 2.24) is 10.6 Å². The van der Waals surface area contributed by atoms with Crippen LogP contribution in [0.4, 0.5) is 4.79 Å². The Kier molecular flexibility index (Phi) is 9.82. The standard InChI is InChI=1S/C19H28N2O5/c1-14(2)9-10-20-19(24)21-17(22)13-26-18(23)8-5-11-25-16-7-4-6-15(3)12-16/h4,6-7,12,14H,5,8-11,13H2,1-3H3,(H2,20,21,22,24). The molecule has 0 radical (unpaired) electrons. The predicted molar refractivity (Wildman–Crippen MR) is 97.9 cm³/mol. The van der Waals surface area contributed by atoms with Gasteiger partial charge in [0, 0.05) is 13.0 Å². The first-order valence-electron chi connectivity index (χ1n) is 8.79. The summed E-state index contributed by atoms with van der Waals surface area (Å²) < 4.78 is 10.4. The molecule has 0 aliphatic rings.